The van der Waals surface area contributed by atoms with Gasteiger partial charge in [0.2, 0.25) is 0 Å². The lowest BCUT2D eigenvalue weighted by Gasteiger charge is -2.33. The van der Waals surface area contributed by atoms with Crippen LogP contribution in [0.4, 0.5) is 11.4 Å². The van der Waals surface area contributed by atoms with E-state index in [1.165, 1.54) is 44.0 Å². The highest BCUT2D eigenvalue weighted by molar-refractivity contribution is 7.80. The molecule has 0 aromatic heterocycles. The van der Waals surface area contributed by atoms with Gasteiger partial charge in [-0.2, -0.15) is 0 Å². The van der Waals surface area contributed by atoms with Gasteiger partial charge in [0.25, 0.3) is 5.69 Å². The average Bonchev–Trinajstić information content (AvgIpc) is 2.55. The molecule has 0 unspecified atom stereocenters. The molecular formula is C16H23ClN4O2S. The molecule has 1 atom stereocenters. The molecule has 0 amide bonds. The van der Waals surface area contributed by atoms with E-state index in [0.29, 0.717) is 21.9 Å². The first-order valence-electron chi connectivity index (χ1n) is 8.20. The van der Waals surface area contributed by atoms with E-state index in [9.17, 15) is 10.1 Å². The maximum absolute atomic E-state index is 10.8. The van der Waals surface area contributed by atoms with E-state index in [0.717, 1.165) is 19.5 Å². The number of likely N-dealkylation sites (tertiary alicyclic amines) is 1. The Bertz CT molecular complexity index is 599. The predicted molar refractivity (Wildman–Crippen MR) is 102 cm³/mol. The molecule has 2 rings (SSSR count). The molecule has 1 heterocycles. The van der Waals surface area contributed by atoms with Crippen molar-refractivity contribution in [3.63, 3.8) is 0 Å². The fraction of sp³-hybridized carbons (Fsp3) is 0.562. The van der Waals surface area contributed by atoms with Gasteiger partial charge in [-0.1, -0.05) is 18.0 Å². The minimum absolute atomic E-state index is 0.0243. The molecular weight excluding hydrogens is 348 g/mol. The summed E-state index contributed by atoms with van der Waals surface area (Å²) < 4.78 is 0. The van der Waals surface area contributed by atoms with E-state index in [2.05, 4.69) is 22.5 Å². The van der Waals surface area contributed by atoms with E-state index >= 15 is 0 Å². The maximum atomic E-state index is 10.8. The van der Waals surface area contributed by atoms with Gasteiger partial charge in [0.05, 0.1) is 15.6 Å². The molecule has 1 aliphatic rings. The summed E-state index contributed by atoms with van der Waals surface area (Å²) in [7, 11) is 0. The Labute approximate surface area is 152 Å². The normalized spacial score (nSPS) is 18.2. The first-order valence-corrected chi connectivity index (χ1v) is 8.99. The van der Waals surface area contributed by atoms with E-state index < -0.39 is 4.92 Å². The number of benzene rings is 1. The summed E-state index contributed by atoms with van der Waals surface area (Å²) in [5.74, 6) is 0. The molecule has 8 heteroatoms. The largest absolute Gasteiger partial charge is 0.362 e. The lowest BCUT2D eigenvalue weighted by Crippen LogP contribution is -2.39. The Morgan fingerprint density at radius 1 is 1.50 bits per heavy atom. The van der Waals surface area contributed by atoms with E-state index in [-0.39, 0.29) is 5.69 Å². The van der Waals surface area contributed by atoms with E-state index in [1.807, 2.05) is 0 Å². The van der Waals surface area contributed by atoms with Crippen molar-refractivity contribution in [2.45, 2.75) is 38.6 Å². The van der Waals surface area contributed by atoms with Gasteiger partial charge in [-0.3, -0.25) is 10.1 Å². The second-order valence-corrected chi connectivity index (χ2v) is 6.85. The lowest BCUT2D eigenvalue weighted by molar-refractivity contribution is -0.384. The number of piperidine rings is 1. The molecule has 24 heavy (non-hydrogen) atoms. The van der Waals surface area contributed by atoms with Gasteiger partial charge in [-0.15, -0.1) is 0 Å². The highest BCUT2D eigenvalue weighted by Gasteiger charge is 2.17. The molecule has 0 bridgehead atoms. The third-order valence-electron chi connectivity index (χ3n) is 4.26. The molecule has 1 fully saturated rings. The third kappa shape index (κ3) is 5.58. The molecule has 132 valence electrons. The van der Waals surface area contributed by atoms with E-state index in [4.69, 9.17) is 23.8 Å². The number of nitro benzene ring substituents is 1. The number of rotatable bonds is 6. The number of nitrogens with one attached hydrogen (secondary N) is 2. The highest BCUT2D eigenvalue weighted by Crippen LogP contribution is 2.26. The van der Waals surface area contributed by atoms with Gasteiger partial charge in [-0.25, -0.2) is 0 Å². The molecule has 0 spiro atoms. The fourth-order valence-corrected chi connectivity index (χ4v) is 3.24. The number of thiocarbonyl (C=S) groups is 1. The number of anilines is 1. The van der Waals surface area contributed by atoms with Gasteiger partial charge in [0.15, 0.2) is 5.11 Å². The van der Waals surface area contributed by atoms with Crippen molar-refractivity contribution in [2.24, 2.45) is 0 Å². The Morgan fingerprint density at radius 2 is 2.29 bits per heavy atom. The van der Waals surface area contributed by atoms with Crippen LogP contribution in [0.3, 0.4) is 0 Å². The Hall–Kier alpha value is -1.44. The van der Waals surface area contributed by atoms with Crippen LogP contribution in [-0.2, 0) is 0 Å². The van der Waals surface area contributed by atoms with Gasteiger partial charge >= 0.3 is 0 Å². The quantitative estimate of drug-likeness (QED) is 0.343. The molecule has 0 saturated carbocycles. The van der Waals surface area contributed by atoms with Crippen LogP contribution in [0.1, 0.15) is 32.6 Å². The van der Waals surface area contributed by atoms with Crippen LogP contribution in [0.25, 0.3) is 0 Å². The van der Waals surface area contributed by atoms with Crippen LogP contribution < -0.4 is 10.6 Å². The van der Waals surface area contributed by atoms with Crippen LogP contribution >= 0.6 is 23.8 Å². The van der Waals surface area contributed by atoms with Crippen molar-refractivity contribution in [3.8, 4) is 0 Å². The van der Waals surface area contributed by atoms with Crippen LogP contribution in [0.5, 0.6) is 0 Å². The first-order chi connectivity index (χ1) is 11.5. The van der Waals surface area contributed by atoms with Crippen molar-refractivity contribution in [1.29, 1.82) is 0 Å². The monoisotopic (exact) mass is 370 g/mol. The van der Waals surface area contributed by atoms with Gasteiger partial charge in [0.1, 0.15) is 0 Å². The summed E-state index contributed by atoms with van der Waals surface area (Å²) in [6.45, 7) is 5.26. The van der Waals surface area contributed by atoms with Gasteiger partial charge < -0.3 is 15.5 Å². The summed E-state index contributed by atoms with van der Waals surface area (Å²) in [6, 6.07) is 4.89. The summed E-state index contributed by atoms with van der Waals surface area (Å²) >= 11 is 11.3. The number of nitrogens with zero attached hydrogens (tertiary/aromatic N) is 2. The summed E-state index contributed by atoms with van der Waals surface area (Å²) in [5.41, 5.74) is 0.414. The molecule has 1 aliphatic heterocycles. The molecule has 1 saturated heterocycles. The average molecular weight is 371 g/mol. The second kappa shape index (κ2) is 9.15. The predicted octanol–water partition coefficient (Wildman–Crippen LogP) is 3.80. The van der Waals surface area contributed by atoms with Crippen LogP contribution in [0.15, 0.2) is 18.2 Å². The Morgan fingerprint density at radius 3 is 3.00 bits per heavy atom. The molecule has 2 N–H and O–H groups in total. The fourth-order valence-electron chi connectivity index (χ4n) is 2.86. The standard InChI is InChI=1S/C16H23ClN4O2S/c1-12-5-2-3-9-20(12)10-4-8-18-16(24)19-15-11-13(21(22)23)6-7-14(15)17/h6-7,11-12H,2-5,8-10H2,1H3,(H2,18,19,24)/t12-/m1/s1. The lowest BCUT2D eigenvalue weighted by atomic mass is 10.0. The SMILES string of the molecule is C[C@@H]1CCCCN1CCCNC(=S)Nc1cc([N+](=O)[O-])ccc1Cl. The summed E-state index contributed by atoms with van der Waals surface area (Å²) in [4.78, 5) is 12.9. The molecule has 1 aromatic carbocycles. The molecule has 0 radical (unpaired) electrons. The molecule has 6 nitrogen and oxygen atoms in total. The zero-order valence-corrected chi connectivity index (χ0v) is 15.3. The van der Waals surface area contributed by atoms with Gasteiger partial charge in [0, 0.05) is 31.3 Å². The Kier molecular flexibility index (Phi) is 7.20. The zero-order chi connectivity index (χ0) is 17.5. The van der Waals surface area contributed by atoms with Crippen molar-refractivity contribution in [2.75, 3.05) is 25.0 Å². The van der Waals surface area contributed by atoms with Crippen molar-refractivity contribution in [1.82, 2.24) is 10.2 Å². The van der Waals surface area contributed by atoms with E-state index in [1.54, 1.807) is 0 Å². The number of non-ortho nitro benzene ring substituents is 1. The zero-order valence-electron chi connectivity index (χ0n) is 13.8. The Balaban J connectivity index is 1.75. The number of hydrogen-bond donors (Lipinski definition) is 2. The number of halogens is 1. The smallest absolute Gasteiger partial charge is 0.271 e. The number of hydrogen-bond acceptors (Lipinski definition) is 4. The molecule has 0 aliphatic carbocycles. The highest BCUT2D eigenvalue weighted by atomic mass is 35.5. The molecule has 1 aromatic rings. The first kappa shape index (κ1) is 18.9. The van der Waals surface area contributed by atoms with Crippen molar-refractivity contribution in [3.05, 3.63) is 33.3 Å². The van der Waals surface area contributed by atoms with Crippen LogP contribution in [0.2, 0.25) is 5.02 Å². The maximum Gasteiger partial charge on any atom is 0.271 e. The van der Waals surface area contributed by atoms with Crippen LogP contribution in [0, 0.1) is 10.1 Å². The third-order valence-corrected chi connectivity index (χ3v) is 4.83. The topological polar surface area (TPSA) is 70.4 Å². The van der Waals surface area contributed by atoms with Gasteiger partial charge in [-0.05, 0) is 51.0 Å². The second-order valence-electron chi connectivity index (χ2n) is 6.04. The van der Waals surface area contributed by atoms with Crippen molar-refractivity contribution >= 4 is 40.3 Å². The van der Waals surface area contributed by atoms with Crippen molar-refractivity contribution < 1.29 is 4.92 Å². The van der Waals surface area contributed by atoms with Crippen LogP contribution in [-0.4, -0.2) is 40.6 Å². The summed E-state index contributed by atoms with van der Waals surface area (Å²) in [5, 5.41) is 17.7. The minimum atomic E-state index is -0.461. The number of nitro groups is 1. The minimum Gasteiger partial charge on any atom is -0.362 e. The summed E-state index contributed by atoms with van der Waals surface area (Å²) in [6.07, 6.45) is 4.88.